The molecule has 0 amide bonds. The van der Waals surface area contributed by atoms with Gasteiger partial charge in [-0.15, -0.1) is 0 Å². The van der Waals surface area contributed by atoms with Gasteiger partial charge < -0.3 is 30.8 Å². The van der Waals surface area contributed by atoms with E-state index >= 15 is 0 Å². The molecule has 1 heterocycles. The van der Waals surface area contributed by atoms with Gasteiger partial charge >= 0.3 is 0 Å². The van der Waals surface area contributed by atoms with Crippen molar-refractivity contribution in [3.63, 3.8) is 0 Å². The van der Waals surface area contributed by atoms with Gasteiger partial charge in [0.1, 0.15) is 24.4 Å². The summed E-state index contributed by atoms with van der Waals surface area (Å²) in [7, 11) is 0. The van der Waals surface area contributed by atoms with Crippen molar-refractivity contribution in [2.45, 2.75) is 50.8 Å². The van der Waals surface area contributed by atoms with E-state index in [1.165, 1.54) is 4.90 Å². The van der Waals surface area contributed by atoms with Crippen LogP contribution in [0.15, 0.2) is 18.2 Å². The monoisotopic (exact) mass is 356 g/mol. The van der Waals surface area contributed by atoms with E-state index in [0.29, 0.717) is 0 Å². The second-order valence-electron chi connectivity index (χ2n) is 5.93. The van der Waals surface area contributed by atoms with Crippen LogP contribution >= 0.6 is 12.2 Å². The van der Waals surface area contributed by atoms with E-state index in [9.17, 15) is 20.4 Å². The number of hydrogen-bond acceptors (Lipinski definition) is 6. The Bertz CT molecular complexity index is 600. The molecule has 0 saturated carbocycles. The second kappa shape index (κ2) is 7.73. The molecule has 1 aliphatic heterocycles. The predicted octanol–water partition coefficient (Wildman–Crippen LogP) is -0.986. The third-order valence-corrected chi connectivity index (χ3v) is 4.65. The van der Waals surface area contributed by atoms with Gasteiger partial charge in [0.15, 0.2) is 11.3 Å². The Balaban J connectivity index is 2.31. The molecular formula is C16H24N2O5S. The lowest BCUT2D eigenvalue weighted by atomic mass is 9.99. The van der Waals surface area contributed by atoms with Crippen LogP contribution in [0.5, 0.6) is 0 Å². The number of anilines is 1. The van der Waals surface area contributed by atoms with Crippen molar-refractivity contribution < 1.29 is 25.5 Å². The maximum atomic E-state index is 10.7. The van der Waals surface area contributed by atoms with Gasteiger partial charge in [-0.2, -0.15) is 0 Å². The van der Waals surface area contributed by atoms with Crippen LogP contribution in [0.25, 0.3) is 0 Å². The van der Waals surface area contributed by atoms with Crippen LogP contribution in [0.4, 0.5) is 5.69 Å². The molecule has 0 radical (unpaired) electrons. The topological polar surface area (TPSA) is 116 Å². The molecule has 1 aromatic carbocycles. The number of nitrogens with zero attached hydrogens (tertiary/aromatic N) is 1. The lowest BCUT2D eigenvalue weighted by Crippen LogP contribution is -2.53. The van der Waals surface area contributed by atoms with Crippen LogP contribution < -0.4 is 10.2 Å². The highest BCUT2D eigenvalue weighted by Crippen LogP contribution is 2.31. The van der Waals surface area contributed by atoms with Gasteiger partial charge in [-0.1, -0.05) is 25.1 Å². The SMILES string of the molecule is CCc1cccc(C)c1N1C(=S)N[C@H]([C@H](O)[C@H](O)[C@H](O)CO)[C@H]1O. The van der Waals surface area contributed by atoms with E-state index in [0.717, 1.165) is 23.2 Å². The molecule has 0 unspecified atom stereocenters. The van der Waals surface area contributed by atoms with E-state index in [1.807, 2.05) is 32.0 Å². The number of para-hydroxylation sites is 1. The fourth-order valence-corrected chi connectivity index (χ4v) is 3.30. The Kier molecular flexibility index (Phi) is 6.13. The second-order valence-corrected chi connectivity index (χ2v) is 6.31. The third-order valence-electron chi connectivity index (χ3n) is 4.34. The molecule has 2 rings (SSSR count). The summed E-state index contributed by atoms with van der Waals surface area (Å²) in [5, 5.41) is 52.2. The number of benzene rings is 1. The minimum atomic E-state index is -1.62. The molecule has 1 fully saturated rings. The smallest absolute Gasteiger partial charge is 0.176 e. The van der Waals surface area contributed by atoms with Crippen LogP contribution in [0, 0.1) is 6.92 Å². The van der Waals surface area contributed by atoms with Crippen LogP contribution in [0.1, 0.15) is 18.1 Å². The Hall–Kier alpha value is -1.29. The highest BCUT2D eigenvalue weighted by molar-refractivity contribution is 7.80. The number of hydrogen-bond donors (Lipinski definition) is 6. The van der Waals surface area contributed by atoms with Gasteiger partial charge in [0.25, 0.3) is 0 Å². The van der Waals surface area contributed by atoms with Gasteiger partial charge in [-0.05, 0) is 36.7 Å². The maximum Gasteiger partial charge on any atom is 0.176 e. The number of aryl methyl sites for hydroxylation is 2. The molecule has 7 nitrogen and oxygen atoms in total. The van der Waals surface area contributed by atoms with Gasteiger partial charge in [0, 0.05) is 0 Å². The van der Waals surface area contributed by atoms with Gasteiger partial charge in [0.05, 0.1) is 12.3 Å². The highest BCUT2D eigenvalue weighted by atomic mass is 32.1. The molecule has 0 bridgehead atoms. The molecule has 134 valence electrons. The van der Waals surface area contributed by atoms with E-state index in [1.54, 1.807) is 0 Å². The summed E-state index contributed by atoms with van der Waals surface area (Å²) in [5.41, 5.74) is 2.67. The number of thiocarbonyl (C=S) groups is 1. The first-order valence-corrected chi connectivity index (χ1v) is 8.25. The van der Waals surface area contributed by atoms with Crippen molar-refractivity contribution >= 4 is 23.0 Å². The van der Waals surface area contributed by atoms with Crippen LogP contribution in [-0.2, 0) is 6.42 Å². The van der Waals surface area contributed by atoms with Crippen molar-refractivity contribution in [2.75, 3.05) is 11.5 Å². The lowest BCUT2D eigenvalue weighted by molar-refractivity contribution is -0.0946. The normalized spacial score (nSPS) is 24.6. The van der Waals surface area contributed by atoms with Crippen molar-refractivity contribution in [1.29, 1.82) is 0 Å². The average Bonchev–Trinajstić information content (AvgIpc) is 2.87. The van der Waals surface area contributed by atoms with Crippen LogP contribution in [0.2, 0.25) is 0 Å². The van der Waals surface area contributed by atoms with Crippen molar-refractivity contribution in [3.05, 3.63) is 29.3 Å². The summed E-state index contributed by atoms with van der Waals surface area (Å²) < 4.78 is 0. The Labute approximate surface area is 146 Å². The maximum absolute atomic E-state index is 10.7. The van der Waals surface area contributed by atoms with Gasteiger partial charge in [-0.3, -0.25) is 4.90 Å². The van der Waals surface area contributed by atoms with Gasteiger partial charge in [-0.25, -0.2) is 0 Å². The van der Waals surface area contributed by atoms with E-state index in [-0.39, 0.29) is 5.11 Å². The zero-order chi connectivity index (χ0) is 18.0. The highest BCUT2D eigenvalue weighted by Gasteiger charge is 2.45. The number of nitrogens with one attached hydrogen (secondary N) is 1. The van der Waals surface area contributed by atoms with Gasteiger partial charge in [0.2, 0.25) is 0 Å². The van der Waals surface area contributed by atoms with E-state index in [2.05, 4.69) is 5.32 Å². The van der Waals surface area contributed by atoms with Crippen LogP contribution in [-0.4, -0.2) is 67.8 Å². The van der Waals surface area contributed by atoms with E-state index in [4.69, 9.17) is 17.3 Å². The molecule has 5 atom stereocenters. The minimum absolute atomic E-state index is 0.223. The molecule has 1 saturated heterocycles. The minimum Gasteiger partial charge on any atom is -0.394 e. The van der Waals surface area contributed by atoms with E-state index < -0.39 is 37.2 Å². The molecule has 0 aromatic heterocycles. The molecular weight excluding hydrogens is 332 g/mol. The molecule has 0 aliphatic carbocycles. The Morgan fingerprint density at radius 3 is 2.54 bits per heavy atom. The fourth-order valence-electron chi connectivity index (χ4n) is 2.96. The van der Waals surface area contributed by atoms with Crippen molar-refractivity contribution in [1.82, 2.24) is 5.32 Å². The van der Waals surface area contributed by atoms with Crippen LogP contribution in [0.3, 0.4) is 0 Å². The van der Waals surface area contributed by atoms with Crippen molar-refractivity contribution in [2.24, 2.45) is 0 Å². The Morgan fingerprint density at radius 2 is 1.96 bits per heavy atom. The summed E-state index contributed by atoms with van der Waals surface area (Å²) in [6.45, 7) is 3.19. The quantitative estimate of drug-likeness (QED) is 0.360. The first-order chi connectivity index (χ1) is 11.3. The summed E-state index contributed by atoms with van der Waals surface area (Å²) in [4.78, 5) is 1.51. The third kappa shape index (κ3) is 3.39. The zero-order valence-corrected chi connectivity index (χ0v) is 14.4. The molecule has 6 N–H and O–H groups in total. The fraction of sp³-hybridized carbons (Fsp3) is 0.562. The number of aliphatic hydroxyl groups is 5. The summed E-state index contributed by atoms with van der Waals surface area (Å²) in [6, 6.07) is 4.76. The number of rotatable bonds is 6. The molecule has 24 heavy (non-hydrogen) atoms. The molecule has 8 heteroatoms. The number of aliphatic hydroxyl groups excluding tert-OH is 5. The first-order valence-electron chi connectivity index (χ1n) is 7.84. The first kappa shape index (κ1) is 19.0. The molecule has 1 aromatic rings. The lowest BCUT2D eigenvalue weighted by Gasteiger charge is -2.30. The Morgan fingerprint density at radius 1 is 1.29 bits per heavy atom. The summed E-state index contributed by atoms with van der Waals surface area (Å²) >= 11 is 5.29. The summed E-state index contributed by atoms with van der Waals surface area (Å²) in [5.74, 6) is 0. The largest absolute Gasteiger partial charge is 0.394 e. The predicted molar refractivity (Wildman–Crippen MR) is 93.7 cm³/mol. The zero-order valence-electron chi connectivity index (χ0n) is 13.6. The van der Waals surface area contributed by atoms with Crippen molar-refractivity contribution in [3.8, 4) is 0 Å². The summed E-state index contributed by atoms with van der Waals surface area (Å²) in [6.07, 6.45) is -5.13. The molecule has 0 spiro atoms. The standard InChI is InChI=1S/C16H24N2O5S/c1-3-9-6-4-5-8(2)12(9)18-15(23)11(17-16(18)24)14(22)13(21)10(20)7-19/h4-6,10-11,13-15,19-23H,3,7H2,1-2H3,(H,17,24)/t10-,11-,13-,14+,15-/m1/s1. The molecule has 1 aliphatic rings. The average molecular weight is 356 g/mol.